The Morgan fingerprint density at radius 3 is 2.59 bits per heavy atom. The maximum absolute atomic E-state index is 13.0. The van der Waals surface area contributed by atoms with Gasteiger partial charge in [-0.2, -0.15) is 5.10 Å². The van der Waals surface area contributed by atoms with E-state index in [0.717, 1.165) is 54.9 Å². The van der Waals surface area contributed by atoms with Crippen molar-refractivity contribution in [3.8, 4) is 17.1 Å². The predicted molar refractivity (Wildman–Crippen MR) is 144 cm³/mol. The van der Waals surface area contributed by atoms with Gasteiger partial charge in [0, 0.05) is 31.0 Å². The second kappa shape index (κ2) is 12.4. The largest absolute Gasteiger partial charge is 0.493 e. The van der Waals surface area contributed by atoms with Crippen molar-refractivity contribution in [2.45, 2.75) is 50.5 Å². The van der Waals surface area contributed by atoms with Crippen molar-refractivity contribution in [1.82, 2.24) is 24.1 Å². The monoisotopic (exact) mass is 531 g/mol. The number of fused-ring (bicyclic) bond motifs is 1. The lowest BCUT2D eigenvalue weighted by atomic mass is 9.85. The molecule has 0 saturated carbocycles. The summed E-state index contributed by atoms with van der Waals surface area (Å²) in [5.41, 5.74) is 2.38. The molecule has 0 aliphatic carbocycles. The molecule has 1 fully saturated rings. The highest BCUT2D eigenvalue weighted by Gasteiger charge is 2.30. The molecular weight excluding hydrogens is 494 g/mol. The molecule has 10 nitrogen and oxygen atoms in total. The van der Waals surface area contributed by atoms with Gasteiger partial charge in [0.1, 0.15) is 17.1 Å². The van der Waals surface area contributed by atoms with Gasteiger partial charge in [-0.15, -0.1) is 0 Å². The van der Waals surface area contributed by atoms with E-state index >= 15 is 0 Å². The third-order valence-corrected chi connectivity index (χ3v) is 8.01. The van der Waals surface area contributed by atoms with E-state index in [2.05, 4.69) is 21.3 Å². The number of benzene rings is 1. The highest BCUT2D eigenvalue weighted by atomic mass is 32.2. The first-order valence-electron chi connectivity index (χ1n) is 13.0. The third-order valence-electron chi connectivity index (χ3n) is 6.92. The lowest BCUT2D eigenvalue weighted by Gasteiger charge is -2.35. The zero-order valence-electron chi connectivity index (χ0n) is 21.7. The summed E-state index contributed by atoms with van der Waals surface area (Å²) in [4.78, 5) is 21.7. The minimum atomic E-state index is -0.706. The number of aryl methyl sites for hydroxylation is 2. The van der Waals surface area contributed by atoms with Crippen LogP contribution in [0.25, 0.3) is 22.4 Å². The fourth-order valence-corrected chi connectivity index (χ4v) is 5.92. The molecule has 4 N–H and O–H groups in total. The molecule has 202 valence electrons. The van der Waals surface area contributed by atoms with E-state index in [-0.39, 0.29) is 24.7 Å². The van der Waals surface area contributed by atoms with Crippen molar-refractivity contribution < 1.29 is 20.1 Å². The molecule has 0 spiro atoms. The number of piperidine rings is 1. The van der Waals surface area contributed by atoms with E-state index in [0.29, 0.717) is 29.2 Å². The van der Waals surface area contributed by atoms with Crippen LogP contribution in [0.4, 0.5) is 0 Å². The van der Waals surface area contributed by atoms with Gasteiger partial charge in [0.15, 0.2) is 5.52 Å². The number of aliphatic hydroxyl groups is 3. The van der Waals surface area contributed by atoms with Crippen molar-refractivity contribution in [2.24, 2.45) is 18.9 Å². The zero-order valence-corrected chi connectivity index (χ0v) is 22.5. The number of rotatable bonds is 11. The quantitative estimate of drug-likeness (QED) is 0.275. The molecule has 1 aromatic carbocycles. The average Bonchev–Trinajstić information content (AvgIpc) is 3.21. The maximum atomic E-state index is 13.0. The topological polar surface area (TPSA) is 137 Å². The smallest absolute Gasteiger partial charge is 0.277 e. The maximum Gasteiger partial charge on any atom is 0.277 e. The minimum absolute atomic E-state index is 0.0508. The Labute approximate surface area is 220 Å². The van der Waals surface area contributed by atoms with Gasteiger partial charge in [0.05, 0.1) is 37.2 Å². The van der Waals surface area contributed by atoms with Gasteiger partial charge < -0.3 is 25.0 Å². The van der Waals surface area contributed by atoms with E-state index in [1.54, 1.807) is 23.7 Å². The molecule has 1 aliphatic heterocycles. The van der Waals surface area contributed by atoms with Gasteiger partial charge in [0.25, 0.3) is 5.56 Å². The lowest BCUT2D eigenvalue weighted by Crippen LogP contribution is -2.40. The first-order chi connectivity index (χ1) is 17.9. The van der Waals surface area contributed by atoms with E-state index < -0.39 is 12.0 Å². The summed E-state index contributed by atoms with van der Waals surface area (Å²) < 4.78 is 9.72. The number of aromatic amines is 1. The summed E-state index contributed by atoms with van der Waals surface area (Å²) in [6.45, 7) is 5.58. The highest BCUT2D eigenvalue weighted by Crippen LogP contribution is 2.36. The number of hydrogen-bond acceptors (Lipinski definition) is 9. The summed E-state index contributed by atoms with van der Waals surface area (Å²) in [6, 6.07) is 5.89. The molecule has 3 aromatic rings. The standard InChI is InChI=1S/C26H37N5O5S/c1-4-6-20-22-23(30(3)29-20)26(35)28-25(27-22)19-13-18(7-8-21(19)36-5-2)37-31-11-9-16(10-12-31)24(34)17(14-32)15-33/h7-8,13,16-17,24,32-34H,4-6,9-12,14-15H2,1-3H3,(H,27,28,35). The van der Waals surface area contributed by atoms with Crippen LogP contribution in [-0.4, -0.2) is 78.4 Å². The zero-order chi connectivity index (χ0) is 26.5. The van der Waals surface area contributed by atoms with Gasteiger partial charge in [-0.3, -0.25) is 9.48 Å². The van der Waals surface area contributed by atoms with Crippen LogP contribution in [-0.2, 0) is 13.5 Å². The molecule has 37 heavy (non-hydrogen) atoms. The molecule has 1 unspecified atom stereocenters. The number of aliphatic hydroxyl groups excluding tert-OH is 3. The first kappa shape index (κ1) is 27.6. The van der Waals surface area contributed by atoms with Crippen LogP contribution >= 0.6 is 11.9 Å². The van der Waals surface area contributed by atoms with Crippen molar-refractivity contribution >= 4 is 23.0 Å². The van der Waals surface area contributed by atoms with Crippen LogP contribution < -0.4 is 10.3 Å². The molecule has 1 aliphatic rings. The molecule has 0 amide bonds. The van der Waals surface area contributed by atoms with E-state index in [1.807, 2.05) is 25.1 Å². The number of H-pyrrole nitrogens is 1. The number of hydrogen-bond donors (Lipinski definition) is 4. The molecule has 2 aromatic heterocycles. The van der Waals surface area contributed by atoms with Crippen molar-refractivity contribution in [3.63, 3.8) is 0 Å². The predicted octanol–water partition coefficient (Wildman–Crippen LogP) is 2.36. The van der Waals surface area contributed by atoms with Gasteiger partial charge in [0.2, 0.25) is 0 Å². The third kappa shape index (κ3) is 6.01. The van der Waals surface area contributed by atoms with Crippen molar-refractivity contribution in [1.29, 1.82) is 0 Å². The summed E-state index contributed by atoms with van der Waals surface area (Å²) in [5, 5.41) is 33.8. The fraction of sp³-hybridized carbons (Fsp3) is 0.577. The summed E-state index contributed by atoms with van der Waals surface area (Å²) in [6.07, 6.45) is 2.49. The number of ether oxygens (including phenoxy) is 1. The Morgan fingerprint density at radius 2 is 1.95 bits per heavy atom. The summed E-state index contributed by atoms with van der Waals surface area (Å²) in [5.74, 6) is 0.656. The van der Waals surface area contributed by atoms with Crippen LogP contribution in [0.1, 0.15) is 38.8 Å². The van der Waals surface area contributed by atoms with E-state index in [9.17, 15) is 20.1 Å². The summed E-state index contributed by atoms with van der Waals surface area (Å²) in [7, 11) is 1.76. The summed E-state index contributed by atoms with van der Waals surface area (Å²) >= 11 is 1.62. The van der Waals surface area contributed by atoms with Crippen LogP contribution in [0.5, 0.6) is 5.75 Å². The van der Waals surface area contributed by atoms with Crippen LogP contribution in [0.2, 0.25) is 0 Å². The Hall–Kier alpha value is -2.44. The number of nitrogens with one attached hydrogen (secondary N) is 1. The van der Waals surface area contributed by atoms with Crippen molar-refractivity contribution in [2.75, 3.05) is 32.9 Å². The highest BCUT2D eigenvalue weighted by molar-refractivity contribution is 7.97. The molecular formula is C26H37N5O5S. The molecule has 11 heteroatoms. The van der Waals surface area contributed by atoms with Gasteiger partial charge in [-0.1, -0.05) is 13.3 Å². The normalized spacial score (nSPS) is 16.1. The van der Waals surface area contributed by atoms with E-state index in [4.69, 9.17) is 9.72 Å². The average molecular weight is 532 g/mol. The molecule has 3 heterocycles. The molecule has 0 radical (unpaired) electrons. The van der Waals surface area contributed by atoms with Crippen molar-refractivity contribution in [3.05, 3.63) is 34.2 Å². The van der Waals surface area contributed by atoms with Crippen LogP contribution in [0, 0.1) is 11.8 Å². The Morgan fingerprint density at radius 1 is 1.22 bits per heavy atom. The second-order valence-corrected chi connectivity index (χ2v) is 10.7. The minimum Gasteiger partial charge on any atom is -0.493 e. The SMILES string of the molecule is CCCc1nn(C)c2c(=O)[nH]c(-c3cc(SN4CCC(C(O)C(CO)CO)CC4)ccc3OCC)nc12. The number of aromatic nitrogens is 4. The molecule has 1 saturated heterocycles. The first-order valence-corrected chi connectivity index (χ1v) is 13.7. The Kier molecular flexibility index (Phi) is 9.25. The Bertz CT molecular complexity index is 1250. The molecule has 1 atom stereocenters. The second-order valence-electron chi connectivity index (χ2n) is 9.50. The Balaban J connectivity index is 1.58. The van der Waals surface area contributed by atoms with Gasteiger partial charge in [-0.05, 0) is 62.3 Å². The van der Waals surface area contributed by atoms with Crippen LogP contribution in [0.3, 0.4) is 0 Å². The lowest BCUT2D eigenvalue weighted by molar-refractivity contribution is -0.0161. The molecule has 0 bridgehead atoms. The van der Waals surface area contributed by atoms with Gasteiger partial charge >= 0.3 is 0 Å². The van der Waals surface area contributed by atoms with E-state index in [1.165, 1.54) is 0 Å². The van der Waals surface area contributed by atoms with Gasteiger partial charge in [-0.25, -0.2) is 9.29 Å². The number of nitrogens with zero attached hydrogens (tertiary/aromatic N) is 4. The molecule has 4 rings (SSSR count). The van der Waals surface area contributed by atoms with Crippen LogP contribution in [0.15, 0.2) is 27.9 Å². The fourth-order valence-electron chi connectivity index (χ4n) is 4.93.